The van der Waals surface area contributed by atoms with E-state index in [4.69, 9.17) is 16.6 Å². The van der Waals surface area contributed by atoms with Gasteiger partial charge in [-0.15, -0.1) is 0 Å². The van der Waals surface area contributed by atoms with Crippen LogP contribution in [-0.4, -0.2) is 49.7 Å². The molecule has 1 unspecified atom stereocenters. The molecule has 0 aliphatic carbocycles. The maximum Gasteiger partial charge on any atom is 0.158 e. The molecule has 1 aliphatic rings. The van der Waals surface area contributed by atoms with Crippen LogP contribution in [0, 0.1) is 5.82 Å². The topological polar surface area (TPSA) is 40.0 Å². The van der Waals surface area contributed by atoms with Gasteiger partial charge in [-0.1, -0.05) is 67.9 Å². The summed E-state index contributed by atoms with van der Waals surface area (Å²) in [5, 5.41) is 5.93. The summed E-state index contributed by atoms with van der Waals surface area (Å²) in [6.07, 6.45) is 5.50. The monoisotopic (exact) mass is 520 g/mol. The molecule has 3 aromatic carbocycles. The van der Waals surface area contributed by atoms with Gasteiger partial charge >= 0.3 is 0 Å². The summed E-state index contributed by atoms with van der Waals surface area (Å²) in [4.78, 5) is 11.4. The third-order valence-electron chi connectivity index (χ3n) is 7.40. The molecular formula is C31H38ClFN4. The average molecular weight is 521 g/mol. The smallest absolute Gasteiger partial charge is 0.158 e. The van der Waals surface area contributed by atoms with Gasteiger partial charge in [0.2, 0.25) is 0 Å². The van der Waals surface area contributed by atoms with Crippen molar-refractivity contribution in [3.8, 4) is 11.1 Å². The van der Waals surface area contributed by atoms with Gasteiger partial charge in [0.15, 0.2) is 5.82 Å². The van der Waals surface area contributed by atoms with Crippen molar-refractivity contribution in [3.63, 3.8) is 0 Å². The number of benzene rings is 3. The first kappa shape index (κ1) is 27.4. The van der Waals surface area contributed by atoms with Gasteiger partial charge in [0.05, 0.1) is 5.02 Å². The van der Waals surface area contributed by atoms with E-state index in [-0.39, 0.29) is 5.82 Å². The van der Waals surface area contributed by atoms with Gasteiger partial charge in [-0.2, -0.15) is 0 Å². The first-order valence-corrected chi connectivity index (χ1v) is 13.9. The van der Waals surface area contributed by atoms with E-state index in [0.717, 1.165) is 73.8 Å². The molecule has 0 bridgehead atoms. The molecule has 4 nitrogen and oxygen atoms in total. The summed E-state index contributed by atoms with van der Waals surface area (Å²) in [6.45, 7) is 12.2. The fourth-order valence-electron chi connectivity index (χ4n) is 5.28. The number of aliphatic imine (C=N–C) groups is 2. The Hall–Kier alpha value is -2.60. The van der Waals surface area contributed by atoms with Gasteiger partial charge in [-0.05, 0) is 93.0 Å². The van der Waals surface area contributed by atoms with E-state index in [9.17, 15) is 0 Å². The fourth-order valence-corrected chi connectivity index (χ4v) is 5.60. The van der Waals surface area contributed by atoms with Gasteiger partial charge in [-0.25, -0.2) is 14.4 Å². The highest BCUT2D eigenvalue weighted by molar-refractivity contribution is 6.34. The van der Waals surface area contributed by atoms with E-state index in [1.807, 2.05) is 48.5 Å². The van der Waals surface area contributed by atoms with Crippen LogP contribution in [0.25, 0.3) is 21.9 Å². The molecule has 0 amide bonds. The highest BCUT2D eigenvalue weighted by Crippen LogP contribution is 2.42. The van der Waals surface area contributed by atoms with Gasteiger partial charge in [0.25, 0.3) is 0 Å². The third kappa shape index (κ3) is 6.64. The third-order valence-corrected chi connectivity index (χ3v) is 7.70. The minimum Gasteiger partial charge on any atom is -0.314 e. The molecule has 1 aliphatic heterocycles. The van der Waals surface area contributed by atoms with Crippen molar-refractivity contribution in [3.05, 3.63) is 64.9 Å². The molecule has 1 heterocycles. The number of nitrogens with one attached hydrogen (secondary N) is 1. The Morgan fingerprint density at radius 1 is 1.14 bits per heavy atom. The summed E-state index contributed by atoms with van der Waals surface area (Å²) in [5.74, 6) is 0.186. The number of unbranched alkanes of at least 4 members (excludes halogenated alkanes) is 1. The molecule has 0 aromatic heterocycles. The maximum atomic E-state index is 16.5. The number of amidine groups is 1. The highest BCUT2D eigenvalue weighted by Gasteiger charge is 2.23. The van der Waals surface area contributed by atoms with Crippen LogP contribution in [0.1, 0.15) is 51.5 Å². The van der Waals surface area contributed by atoms with Crippen LogP contribution in [0.5, 0.6) is 0 Å². The summed E-state index contributed by atoms with van der Waals surface area (Å²) in [6, 6.07) is 16.1. The Balaban J connectivity index is 1.73. The molecule has 1 N–H and O–H groups in total. The van der Waals surface area contributed by atoms with Crippen LogP contribution < -0.4 is 5.32 Å². The Morgan fingerprint density at radius 3 is 2.65 bits per heavy atom. The zero-order valence-electron chi connectivity index (χ0n) is 22.1. The summed E-state index contributed by atoms with van der Waals surface area (Å²) in [7, 11) is 0. The minimum absolute atomic E-state index is 0.294. The molecule has 4 rings (SSSR count). The normalized spacial score (nSPS) is 16.1. The second-order valence-corrected chi connectivity index (χ2v) is 10.2. The van der Waals surface area contributed by atoms with Crippen LogP contribution >= 0.6 is 11.6 Å². The predicted molar refractivity (Wildman–Crippen MR) is 157 cm³/mol. The van der Waals surface area contributed by atoms with Crippen LogP contribution in [0.15, 0.2) is 58.5 Å². The number of nitrogens with zero attached hydrogens (tertiary/aromatic N) is 3. The molecule has 6 heteroatoms. The van der Waals surface area contributed by atoms with Gasteiger partial charge in [-0.3, -0.25) is 0 Å². The van der Waals surface area contributed by atoms with Crippen molar-refractivity contribution >= 4 is 40.6 Å². The van der Waals surface area contributed by atoms with E-state index < -0.39 is 0 Å². The molecule has 0 spiro atoms. The van der Waals surface area contributed by atoms with Crippen molar-refractivity contribution in [2.45, 2.75) is 58.4 Å². The first-order chi connectivity index (χ1) is 18.0. The van der Waals surface area contributed by atoms with E-state index >= 15 is 4.39 Å². The first-order valence-electron chi connectivity index (χ1n) is 13.5. The zero-order valence-corrected chi connectivity index (χ0v) is 22.8. The Bertz CT molecular complexity index is 1240. The SMILES string of the molecule is C=NC(CCCCN(CC)CC)=Nc1c(CC2CCCN2)cc(Cl)c(-c2cccc3ccccc23)c1F. The lowest BCUT2D eigenvalue weighted by Gasteiger charge is -2.18. The molecule has 196 valence electrons. The molecular weight excluding hydrogens is 483 g/mol. The number of hydrogen-bond acceptors (Lipinski definition) is 3. The zero-order chi connectivity index (χ0) is 26.2. The highest BCUT2D eigenvalue weighted by atomic mass is 35.5. The van der Waals surface area contributed by atoms with Crippen molar-refractivity contribution in [2.24, 2.45) is 9.98 Å². The summed E-state index contributed by atoms with van der Waals surface area (Å²) < 4.78 is 16.5. The van der Waals surface area contributed by atoms with Crippen LogP contribution in [0.3, 0.4) is 0 Å². The maximum absolute atomic E-state index is 16.5. The average Bonchev–Trinajstić information content (AvgIpc) is 3.43. The lowest BCUT2D eigenvalue weighted by atomic mass is 9.94. The van der Waals surface area contributed by atoms with E-state index in [1.165, 1.54) is 0 Å². The Morgan fingerprint density at radius 2 is 1.92 bits per heavy atom. The molecule has 1 saturated heterocycles. The number of halogens is 2. The molecule has 0 saturated carbocycles. The second-order valence-electron chi connectivity index (χ2n) is 9.75. The van der Waals surface area contributed by atoms with Crippen molar-refractivity contribution in [1.29, 1.82) is 0 Å². The molecule has 1 fully saturated rings. The van der Waals surface area contributed by atoms with E-state index in [0.29, 0.717) is 41.0 Å². The lowest BCUT2D eigenvalue weighted by Crippen LogP contribution is -2.24. The second kappa shape index (κ2) is 13.3. The number of fused-ring (bicyclic) bond motifs is 1. The number of rotatable bonds is 11. The molecule has 37 heavy (non-hydrogen) atoms. The lowest BCUT2D eigenvalue weighted by molar-refractivity contribution is 0.297. The molecule has 3 aromatic rings. The summed E-state index contributed by atoms with van der Waals surface area (Å²) >= 11 is 6.81. The quantitative estimate of drug-likeness (QED) is 0.159. The molecule has 0 radical (unpaired) electrons. The minimum atomic E-state index is -0.388. The van der Waals surface area contributed by atoms with E-state index in [1.54, 1.807) is 0 Å². The summed E-state index contributed by atoms with van der Waals surface area (Å²) in [5.41, 5.74) is 2.32. The van der Waals surface area contributed by atoms with Crippen LogP contribution in [0.2, 0.25) is 5.02 Å². The predicted octanol–water partition coefficient (Wildman–Crippen LogP) is 7.84. The van der Waals surface area contributed by atoms with Crippen molar-refractivity contribution < 1.29 is 4.39 Å². The van der Waals surface area contributed by atoms with Crippen LogP contribution in [-0.2, 0) is 6.42 Å². The van der Waals surface area contributed by atoms with Crippen molar-refractivity contribution in [1.82, 2.24) is 10.2 Å². The van der Waals surface area contributed by atoms with Gasteiger partial charge < -0.3 is 10.2 Å². The van der Waals surface area contributed by atoms with Gasteiger partial charge in [0, 0.05) is 18.0 Å². The van der Waals surface area contributed by atoms with Crippen LogP contribution in [0.4, 0.5) is 10.1 Å². The largest absolute Gasteiger partial charge is 0.314 e. The van der Waals surface area contributed by atoms with E-state index in [2.05, 4.69) is 35.8 Å². The number of hydrogen-bond donors (Lipinski definition) is 1. The Kier molecular flexibility index (Phi) is 9.84. The fraction of sp³-hybridized carbons (Fsp3) is 0.419. The Labute approximate surface area is 225 Å². The van der Waals surface area contributed by atoms with Crippen molar-refractivity contribution in [2.75, 3.05) is 26.2 Å². The van der Waals surface area contributed by atoms with Gasteiger partial charge in [0.1, 0.15) is 11.5 Å². The molecule has 1 atom stereocenters. The standard InChI is InChI=1S/C31H38ClFN4/c1-4-37(5-2)19-9-8-17-28(34-3)36-31-23(20-24-14-11-18-35-24)21-27(32)29(30(31)33)26-16-10-13-22-12-6-7-15-25(22)26/h6-7,10,12-13,15-16,21,24,35H,3-5,8-9,11,14,17-20H2,1-2H3.